The van der Waals surface area contributed by atoms with E-state index in [1.165, 1.54) is 16.3 Å². The number of hydrogen-bond donors (Lipinski definition) is 2. The molecule has 0 aliphatic heterocycles. The van der Waals surface area contributed by atoms with Gasteiger partial charge in [-0.15, -0.1) is 0 Å². The van der Waals surface area contributed by atoms with Crippen LogP contribution in [0.5, 0.6) is 0 Å². The molecule has 2 aromatic rings. The van der Waals surface area contributed by atoms with Crippen molar-refractivity contribution in [3.63, 3.8) is 0 Å². The summed E-state index contributed by atoms with van der Waals surface area (Å²) < 4.78 is 0. The molecule has 0 amide bonds. The lowest BCUT2D eigenvalue weighted by Gasteiger charge is -2.18. The molecule has 2 nitrogen and oxygen atoms in total. The number of hydrogen-bond acceptors (Lipinski definition) is 2. The van der Waals surface area contributed by atoms with E-state index in [4.69, 9.17) is 5.73 Å². The van der Waals surface area contributed by atoms with Gasteiger partial charge in [0.05, 0.1) is 0 Å². The predicted octanol–water partition coefficient (Wildman–Crippen LogP) is 3.99. The Morgan fingerprint density at radius 2 is 1.79 bits per heavy atom. The van der Waals surface area contributed by atoms with Gasteiger partial charge in [0.25, 0.3) is 0 Å². The summed E-state index contributed by atoms with van der Waals surface area (Å²) in [6.45, 7) is 10.5. The molecule has 0 aromatic heterocycles. The van der Waals surface area contributed by atoms with Gasteiger partial charge in [-0.25, -0.2) is 0 Å². The van der Waals surface area contributed by atoms with Crippen molar-refractivity contribution in [1.82, 2.24) is 5.32 Å². The Morgan fingerprint density at radius 3 is 2.47 bits per heavy atom. The normalized spacial score (nSPS) is 11.4. The zero-order valence-corrected chi connectivity index (χ0v) is 12.1. The summed E-state index contributed by atoms with van der Waals surface area (Å²) in [5, 5.41) is 5.86. The lowest BCUT2D eigenvalue weighted by molar-refractivity contribution is 0.650. The Balaban J connectivity index is 0.000000861. The number of nitrogens with one attached hydrogen (secondary N) is 1. The van der Waals surface area contributed by atoms with E-state index < -0.39 is 0 Å². The predicted molar refractivity (Wildman–Crippen MR) is 85.0 cm³/mol. The molecule has 0 fully saturated rings. The van der Waals surface area contributed by atoms with Gasteiger partial charge < -0.3 is 11.1 Å². The molecule has 2 rings (SSSR count). The first-order valence-electron chi connectivity index (χ1n) is 6.84. The van der Waals surface area contributed by atoms with Crippen LogP contribution in [-0.4, -0.2) is 6.54 Å². The molecular formula is C17H24N2. The first-order valence-corrected chi connectivity index (χ1v) is 6.84. The first kappa shape index (κ1) is 15.3. The molecule has 0 radical (unpaired) electrons. The largest absolute Gasteiger partial charge is 0.381 e. The molecule has 0 bridgehead atoms. The molecule has 0 saturated heterocycles. The van der Waals surface area contributed by atoms with Crippen molar-refractivity contribution in [3.05, 3.63) is 60.3 Å². The standard InChI is InChI=1S/C15H18N2.C2H6/c1-11(10-16)17-12(2)14-9-5-7-13-6-3-4-8-15(13)14;1-2/h3-9,12,17H,1,10,16H2,2H3;1-2H3/t12-;/m0./s1. The molecule has 2 aromatic carbocycles. The second-order valence-corrected chi connectivity index (χ2v) is 4.24. The summed E-state index contributed by atoms with van der Waals surface area (Å²) in [6, 6.07) is 15.0. The van der Waals surface area contributed by atoms with Crippen molar-refractivity contribution in [3.8, 4) is 0 Å². The van der Waals surface area contributed by atoms with Crippen molar-refractivity contribution >= 4 is 10.8 Å². The molecule has 0 unspecified atom stereocenters. The van der Waals surface area contributed by atoms with E-state index in [-0.39, 0.29) is 6.04 Å². The molecule has 2 heteroatoms. The lowest BCUT2D eigenvalue weighted by Crippen LogP contribution is -2.22. The quantitative estimate of drug-likeness (QED) is 0.868. The van der Waals surface area contributed by atoms with Crippen molar-refractivity contribution in [2.24, 2.45) is 5.73 Å². The third-order valence-corrected chi connectivity index (χ3v) is 2.96. The summed E-state index contributed by atoms with van der Waals surface area (Å²) in [5.74, 6) is 0. The summed E-state index contributed by atoms with van der Waals surface area (Å²) >= 11 is 0. The van der Waals surface area contributed by atoms with E-state index in [9.17, 15) is 0 Å². The lowest BCUT2D eigenvalue weighted by atomic mass is 9.99. The zero-order chi connectivity index (χ0) is 14.3. The average Bonchev–Trinajstić information content (AvgIpc) is 2.48. The third-order valence-electron chi connectivity index (χ3n) is 2.96. The van der Waals surface area contributed by atoms with Gasteiger partial charge in [-0.1, -0.05) is 62.9 Å². The summed E-state index contributed by atoms with van der Waals surface area (Å²) in [6.07, 6.45) is 0. The molecular weight excluding hydrogens is 232 g/mol. The van der Waals surface area contributed by atoms with Crippen LogP contribution in [0.25, 0.3) is 10.8 Å². The topological polar surface area (TPSA) is 38.0 Å². The molecule has 0 spiro atoms. The minimum Gasteiger partial charge on any atom is -0.381 e. The van der Waals surface area contributed by atoms with Gasteiger partial charge in [-0.2, -0.15) is 0 Å². The fourth-order valence-electron chi connectivity index (χ4n) is 2.07. The smallest absolute Gasteiger partial charge is 0.0489 e. The van der Waals surface area contributed by atoms with Crippen LogP contribution in [-0.2, 0) is 0 Å². The molecule has 102 valence electrons. The molecule has 0 aliphatic rings. The van der Waals surface area contributed by atoms with E-state index in [0.717, 1.165) is 5.70 Å². The van der Waals surface area contributed by atoms with Crippen LogP contribution < -0.4 is 11.1 Å². The van der Waals surface area contributed by atoms with Gasteiger partial charge in [-0.05, 0) is 23.3 Å². The summed E-state index contributed by atoms with van der Waals surface area (Å²) in [5.41, 5.74) is 7.69. The van der Waals surface area contributed by atoms with Gasteiger partial charge in [0, 0.05) is 18.3 Å². The first-order chi connectivity index (χ1) is 9.22. The molecule has 0 aliphatic carbocycles. The van der Waals surface area contributed by atoms with Crippen LogP contribution in [0.4, 0.5) is 0 Å². The second kappa shape index (κ2) is 7.59. The number of nitrogens with two attached hydrogens (primary N) is 1. The Kier molecular flexibility index (Phi) is 6.10. The molecule has 1 atom stereocenters. The van der Waals surface area contributed by atoms with E-state index in [2.05, 4.69) is 61.3 Å². The Bertz CT molecular complexity index is 526. The van der Waals surface area contributed by atoms with Crippen LogP contribution in [0.3, 0.4) is 0 Å². The maximum atomic E-state index is 5.55. The molecule has 0 heterocycles. The second-order valence-electron chi connectivity index (χ2n) is 4.24. The summed E-state index contributed by atoms with van der Waals surface area (Å²) in [4.78, 5) is 0. The average molecular weight is 256 g/mol. The van der Waals surface area contributed by atoms with Crippen LogP contribution in [0.2, 0.25) is 0 Å². The van der Waals surface area contributed by atoms with Crippen LogP contribution in [0.15, 0.2) is 54.7 Å². The Morgan fingerprint density at radius 1 is 1.16 bits per heavy atom. The third kappa shape index (κ3) is 3.83. The van der Waals surface area contributed by atoms with E-state index in [1.54, 1.807) is 0 Å². The monoisotopic (exact) mass is 256 g/mol. The Hall–Kier alpha value is -1.80. The van der Waals surface area contributed by atoms with Gasteiger partial charge in [-0.3, -0.25) is 0 Å². The van der Waals surface area contributed by atoms with E-state index in [0.29, 0.717) is 6.54 Å². The van der Waals surface area contributed by atoms with Crippen LogP contribution >= 0.6 is 0 Å². The van der Waals surface area contributed by atoms with E-state index >= 15 is 0 Å². The number of benzene rings is 2. The highest BCUT2D eigenvalue weighted by atomic mass is 14.9. The van der Waals surface area contributed by atoms with Crippen molar-refractivity contribution < 1.29 is 0 Å². The maximum Gasteiger partial charge on any atom is 0.0489 e. The van der Waals surface area contributed by atoms with Gasteiger partial charge in [0.2, 0.25) is 0 Å². The minimum atomic E-state index is 0.220. The van der Waals surface area contributed by atoms with Crippen molar-refractivity contribution in [1.29, 1.82) is 0 Å². The van der Waals surface area contributed by atoms with Crippen molar-refractivity contribution in [2.75, 3.05) is 6.54 Å². The van der Waals surface area contributed by atoms with Crippen molar-refractivity contribution in [2.45, 2.75) is 26.8 Å². The van der Waals surface area contributed by atoms with Gasteiger partial charge in [0.15, 0.2) is 0 Å². The zero-order valence-electron chi connectivity index (χ0n) is 12.1. The number of rotatable bonds is 4. The highest BCUT2D eigenvalue weighted by molar-refractivity contribution is 5.86. The molecule has 19 heavy (non-hydrogen) atoms. The fraction of sp³-hybridized carbons (Fsp3) is 0.294. The summed E-state index contributed by atoms with van der Waals surface area (Å²) in [7, 11) is 0. The number of fused-ring (bicyclic) bond motifs is 1. The highest BCUT2D eigenvalue weighted by Crippen LogP contribution is 2.24. The minimum absolute atomic E-state index is 0.220. The Labute approximate surface area is 116 Å². The molecule has 0 saturated carbocycles. The fourth-order valence-corrected chi connectivity index (χ4v) is 2.07. The highest BCUT2D eigenvalue weighted by Gasteiger charge is 2.08. The van der Waals surface area contributed by atoms with Gasteiger partial charge in [0.1, 0.15) is 0 Å². The van der Waals surface area contributed by atoms with Gasteiger partial charge >= 0.3 is 0 Å². The SMILES string of the molecule is C=C(CN)N[C@@H](C)c1cccc2ccccc12.CC. The maximum absolute atomic E-state index is 5.55. The molecule has 3 N–H and O–H groups in total. The van der Waals surface area contributed by atoms with Crippen LogP contribution in [0, 0.1) is 0 Å². The van der Waals surface area contributed by atoms with E-state index in [1.807, 2.05) is 13.8 Å². The van der Waals surface area contributed by atoms with Crippen LogP contribution in [0.1, 0.15) is 32.4 Å².